The number of carbonyl (C=O) groups is 1. The van der Waals surface area contributed by atoms with Crippen molar-refractivity contribution in [2.75, 3.05) is 33.4 Å². The highest BCUT2D eigenvalue weighted by Gasteiger charge is 2.13. The van der Waals surface area contributed by atoms with Crippen LogP contribution >= 0.6 is 0 Å². The number of carbonyl (C=O) groups excluding carboxylic acids is 1. The third-order valence-corrected chi connectivity index (χ3v) is 3.27. The smallest absolute Gasteiger partial charge is 0.338 e. The average molecular weight is 325 g/mol. The molecule has 0 fully saturated rings. The molecule has 0 aliphatic carbocycles. The predicted octanol–water partition coefficient (Wildman–Crippen LogP) is 3.61. The summed E-state index contributed by atoms with van der Waals surface area (Å²) in [5.74, 6) is 0.144. The van der Waals surface area contributed by atoms with Crippen LogP contribution in [0.25, 0.3) is 0 Å². The molecule has 0 atom stereocenters. The standard InChI is InChI=1S/C18H28FNO3/c1-13(2)11-20(12-14(3)4)8-9-23-18(21)15-6-7-17(22-5)16(19)10-15/h6-7,10,13-14H,8-9,11-12H2,1-5H3. The van der Waals surface area contributed by atoms with Crippen molar-refractivity contribution in [1.82, 2.24) is 4.90 Å². The minimum Gasteiger partial charge on any atom is -0.494 e. The Morgan fingerprint density at radius 1 is 1.17 bits per heavy atom. The van der Waals surface area contributed by atoms with Crippen molar-refractivity contribution in [2.24, 2.45) is 11.8 Å². The van der Waals surface area contributed by atoms with Crippen LogP contribution in [-0.2, 0) is 4.74 Å². The van der Waals surface area contributed by atoms with Crippen LogP contribution in [0.5, 0.6) is 5.75 Å². The van der Waals surface area contributed by atoms with Gasteiger partial charge in [0.2, 0.25) is 0 Å². The number of methoxy groups -OCH3 is 1. The van der Waals surface area contributed by atoms with Crippen molar-refractivity contribution in [1.29, 1.82) is 0 Å². The number of nitrogens with zero attached hydrogens (tertiary/aromatic N) is 1. The minimum absolute atomic E-state index is 0.113. The van der Waals surface area contributed by atoms with E-state index in [1.165, 1.54) is 19.2 Å². The van der Waals surface area contributed by atoms with Gasteiger partial charge in [0.1, 0.15) is 6.61 Å². The fourth-order valence-corrected chi connectivity index (χ4v) is 2.43. The Hall–Kier alpha value is -1.62. The summed E-state index contributed by atoms with van der Waals surface area (Å²) in [5.41, 5.74) is 0.197. The first-order valence-corrected chi connectivity index (χ1v) is 8.06. The lowest BCUT2D eigenvalue weighted by Gasteiger charge is -2.25. The SMILES string of the molecule is COc1ccc(C(=O)OCCN(CC(C)C)CC(C)C)cc1F. The molecular formula is C18H28FNO3. The second-order valence-electron chi connectivity index (χ2n) is 6.53. The van der Waals surface area contributed by atoms with Gasteiger partial charge in [0.15, 0.2) is 11.6 Å². The van der Waals surface area contributed by atoms with E-state index in [0.717, 1.165) is 19.2 Å². The molecule has 0 saturated heterocycles. The molecule has 4 nitrogen and oxygen atoms in total. The summed E-state index contributed by atoms with van der Waals surface area (Å²) in [7, 11) is 1.38. The van der Waals surface area contributed by atoms with E-state index in [1.807, 2.05) is 0 Å². The Bertz CT molecular complexity index is 493. The Kier molecular flexibility index (Phi) is 8.03. The topological polar surface area (TPSA) is 38.8 Å². The van der Waals surface area contributed by atoms with E-state index in [9.17, 15) is 9.18 Å². The second kappa shape index (κ2) is 9.50. The molecule has 0 spiro atoms. The summed E-state index contributed by atoms with van der Waals surface area (Å²) >= 11 is 0. The number of hydrogen-bond donors (Lipinski definition) is 0. The number of halogens is 1. The molecule has 23 heavy (non-hydrogen) atoms. The molecule has 0 N–H and O–H groups in total. The van der Waals surface area contributed by atoms with E-state index in [-0.39, 0.29) is 11.3 Å². The highest BCUT2D eigenvalue weighted by atomic mass is 19.1. The van der Waals surface area contributed by atoms with Crippen LogP contribution in [0, 0.1) is 17.7 Å². The first-order valence-electron chi connectivity index (χ1n) is 8.06. The van der Waals surface area contributed by atoms with Gasteiger partial charge in [-0.15, -0.1) is 0 Å². The highest BCUT2D eigenvalue weighted by Crippen LogP contribution is 2.18. The number of esters is 1. The summed E-state index contributed by atoms with van der Waals surface area (Å²) in [6.07, 6.45) is 0. The molecule has 0 heterocycles. The fraction of sp³-hybridized carbons (Fsp3) is 0.611. The van der Waals surface area contributed by atoms with Crippen molar-refractivity contribution in [3.8, 4) is 5.75 Å². The van der Waals surface area contributed by atoms with Crippen molar-refractivity contribution in [2.45, 2.75) is 27.7 Å². The van der Waals surface area contributed by atoms with Gasteiger partial charge in [-0.3, -0.25) is 4.90 Å². The molecule has 5 heteroatoms. The van der Waals surface area contributed by atoms with E-state index >= 15 is 0 Å². The molecule has 0 amide bonds. The first-order chi connectivity index (χ1) is 10.8. The van der Waals surface area contributed by atoms with Gasteiger partial charge in [-0.25, -0.2) is 9.18 Å². The van der Waals surface area contributed by atoms with Crippen molar-refractivity contribution in [3.63, 3.8) is 0 Å². The zero-order valence-electron chi connectivity index (χ0n) is 14.8. The molecule has 130 valence electrons. The number of benzene rings is 1. The quantitative estimate of drug-likeness (QED) is 0.650. The van der Waals surface area contributed by atoms with E-state index < -0.39 is 11.8 Å². The lowest BCUT2D eigenvalue weighted by Crippen LogP contribution is -2.34. The van der Waals surface area contributed by atoms with Gasteiger partial charge in [-0.05, 0) is 30.0 Å². The van der Waals surface area contributed by atoms with Gasteiger partial charge >= 0.3 is 5.97 Å². The second-order valence-corrected chi connectivity index (χ2v) is 6.53. The molecule has 0 aliphatic heterocycles. The lowest BCUT2D eigenvalue weighted by molar-refractivity contribution is 0.0449. The monoisotopic (exact) mass is 325 g/mol. The van der Waals surface area contributed by atoms with E-state index in [4.69, 9.17) is 9.47 Å². The van der Waals surface area contributed by atoms with Crippen LogP contribution in [0.15, 0.2) is 18.2 Å². The van der Waals surface area contributed by atoms with Gasteiger partial charge in [-0.1, -0.05) is 27.7 Å². The largest absolute Gasteiger partial charge is 0.494 e. The molecule has 0 aliphatic rings. The third-order valence-electron chi connectivity index (χ3n) is 3.27. The zero-order chi connectivity index (χ0) is 17.4. The summed E-state index contributed by atoms with van der Waals surface area (Å²) in [6, 6.07) is 4.07. The Morgan fingerprint density at radius 3 is 2.26 bits per heavy atom. The summed E-state index contributed by atoms with van der Waals surface area (Å²) < 4.78 is 23.7. The number of rotatable bonds is 9. The Labute approximate surface area is 138 Å². The normalized spacial score (nSPS) is 11.3. The molecular weight excluding hydrogens is 297 g/mol. The number of hydrogen-bond acceptors (Lipinski definition) is 4. The zero-order valence-corrected chi connectivity index (χ0v) is 14.8. The van der Waals surface area contributed by atoms with Crippen LogP contribution in [-0.4, -0.2) is 44.2 Å². The molecule has 1 rings (SSSR count). The van der Waals surface area contributed by atoms with Gasteiger partial charge in [0.05, 0.1) is 12.7 Å². The molecule has 0 unspecified atom stereocenters. The Morgan fingerprint density at radius 2 is 1.78 bits per heavy atom. The maximum Gasteiger partial charge on any atom is 0.338 e. The Balaban J connectivity index is 2.52. The molecule has 0 bridgehead atoms. The van der Waals surface area contributed by atoms with Gasteiger partial charge < -0.3 is 9.47 Å². The van der Waals surface area contributed by atoms with Crippen LogP contribution in [0.2, 0.25) is 0 Å². The van der Waals surface area contributed by atoms with E-state index in [1.54, 1.807) is 0 Å². The summed E-state index contributed by atoms with van der Waals surface area (Å²) in [6.45, 7) is 11.6. The average Bonchev–Trinajstić information content (AvgIpc) is 2.45. The fourth-order valence-electron chi connectivity index (χ4n) is 2.43. The van der Waals surface area contributed by atoms with Crippen molar-refractivity contribution >= 4 is 5.97 Å². The van der Waals surface area contributed by atoms with Crippen molar-refractivity contribution < 1.29 is 18.7 Å². The van der Waals surface area contributed by atoms with Crippen LogP contribution in [0.1, 0.15) is 38.1 Å². The summed E-state index contributed by atoms with van der Waals surface area (Å²) in [4.78, 5) is 14.3. The van der Waals surface area contributed by atoms with Gasteiger partial charge in [0.25, 0.3) is 0 Å². The molecule has 1 aromatic rings. The first kappa shape index (κ1) is 19.4. The maximum absolute atomic E-state index is 13.6. The molecule has 0 aromatic heterocycles. The maximum atomic E-state index is 13.6. The van der Waals surface area contributed by atoms with E-state index in [0.29, 0.717) is 25.0 Å². The van der Waals surface area contributed by atoms with Gasteiger partial charge in [-0.2, -0.15) is 0 Å². The van der Waals surface area contributed by atoms with Crippen LogP contribution in [0.4, 0.5) is 4.39 Å². The van der Waals surface area contributed by atoms with Crippen LogP contribution < -0.4 is 4.74 Å². The predicted molar refractivity (Wildman–Crippen MR) is 89.4 cm³/mol. The lowest BCUT2D eigenvalue weighted by atomic mass is 10.1. The highest BCUT2D eigenvalue weighted by molar-refractivity contribution is 5.89. The van der Waals surface area contributed by atoms with Crippen LogP contribution in [0.3, 0.4) is 0 Å². The minimum atomic E-state index is -0.566. The van der Waals surface area contributed by atoms with Crippen molar-refractivity contribution in [3.05, 3.63) is 29.6 Å². The number of ether oxygens (including phenoxy) is 2. The molecule has 1 aromatic carbocycles. The van der Waals surface area contributed by atoms with Gasteiger partial charge in [0, 0.05) is 19.6 Å². The summed E-state index contributed by atoms with van der Waals surface area (Å²) in [5, 5.41) is 0. The van der Waals surface area contributed by atoms with E-state index in [2.05, 4.69) is 32.6 Å². The molecule has 0 radical (unpaired) electrons. The molecule has 0 saturated carbocycles. The third kappa shape index (κ3) is 6.99.